The molecule has 0 aliphatic carbocycles. The monoisotopic (exact) mass is 265 g/mol. The standard InChI is InChI=1S/C13H13ClFN3/c1-9-8-11(15)3-2-10(9)4-5-17-13-12(14)16-6-7-18-13/h2-3,6-8H,4-5H2,1H3,(H,17,18). The van der Waals surface area contributed by atoms with Gasteiger partial charge >= 0.3 is 0 Å². The summed E-state index contributed by atoms with van der Waals surface area (Å²) >= 11 is 5.87. The number of aromatic nitrogens is 2. The highest BCUT2D eigenvalue weighted by molar-refractivity contribution is 6.31. The Morgan fingerprint density at radius 3 is 2.78 bits per heavy atom. The summed E-state index contributed by atoms with van der Waals surface area (Å²) in [4.78, 5) is 8.01. The van der Waals surface area contributed by atoms with Gasteiger partial charge in [-0.1, -0.05) is 17.7 Å². The highest BCUT2D eigenvalue weighted by Crippen LogP contribution is 2.15. The van der Waals surface area contributed by atoms with E-state index in [0.717, 1.165) is 17.5 Å². The first kappa shape index (κ1) is 12.8. The number of rotatable bonds is 4. The Bertz CT molecular complexity index is 546. The highest BCUT2D eigenvalue weighted by atomic mass is 35.5. The van der Waals surface area contributed by atoms with E-state index in [4.69, 9.17) is 11.6 Å². The number of nitrogens with zero attached hydrogens (tertiary/aromatic N) is 2. The largest absolute Gasteiger partial charge is 0.367 e. The summed E-state index contributed by atoms with van der Waals surface area (Å²) in [7, 11) is 0. The van der Waals surface area contributed by atoms with Gasteiger partial charge in [0, 0.05) is 18.9 Å². The molecule has 1 N–H and O–H groups in total. The first-order valence-corrected chi connectivity index (χ1v) is 6.00. The van der Waals surface area contributed by atoms with Gasteiger partial charge < -0.3 is 5.32 Å². The zero-order valence-electron chi connectivity index (χ0n) is 9.95. The van der Waals surface area contributed by atoms with E-state index in [-0.39, 0.29) is 5.82 Å². The molecule has 2 rings (SSSR count). The van der Waals surface area contributed by atoms with Crippen LogP contribution >= 0.6 is 11.6 Å². The summed E-state index contributed by atoms with van der Waals surface area (Å²) in [5, 5.41) is 3.46. The molecule has 1 heterocycles. The van der Waals surface area contributed by atoms with Crippen molar-refractivity contribution in [3.8, 4) is 0 Å². The average Bonchev–Trinajstić information content (AvgIpc) is 2.34. The molecule has 0 spiro atoms. The van der Waals surface area contributed by atoms with Crippen LogP contribution in [-0.4, -0.2) is 16.5 Å². The quantitative estimate of drug-likeness (QED) is 0.922. The van der Waals surface area contributed by atoms with Gasteiger partial charge in [-0.25, -0.2) is 14.4 Å². The van der Waals surface area contributed by atoms with Crippen LogP contribution in [-0.2, 0) is 6.42 Å². The summed E-state index contributed by atoms with van der Waals surface area (Å²) in [5.41, 5.74) is 2.05. The SMILES string of the molecule is Cc1cc(F)ccc1CCNc1nccnc1Cl. The second-order valence-electron chi connectivity index (χ2n) is 3.94. The van der Waals surface area contributed by atoms with Crippen LogP contribution in [0.3, 0.4) is 0 Å². The van der Waals surface area contributed by atoms with Crippen LogP contribution in [0.1, 0.15) is 11.1 Å². The van der Waals surface area contributed by atoms with E-state index in [2.05, 4.69) is 15.3 Å². The van der Waals surface area contributed by atoms with Crippen molar-refractivity contribution in [2.75, 3.05) is 11.9 Å². The molecule has 5 heteroatoms. The zero-order chi connectivity index (χ0) is 13.0. The number of nitrogens with one attached hydrogen (secondary N) is 1. The average molecular weight is 266 g/mol. The Hall–Kier alpha value is -1.68. The molecular weight excluding hydrogens is 253 g/mol. The van der Waals surface area contributed by atoms with Crippen LogP contribution in [0.2, 0.25) is 5.15 Å². The third-order valence-electron chi connectivity index (χ3n) is 2.65. The van der Waals surface area contributed by atoms with E-state index in [0.29, 0.717) is 17.5 Å². The van der Waals surface area contributed by atoms with Gasteiger partial charge in [0.1, 0.15) is 5.82 Å². The van der Waals surface area contributed by atoms with Gasteiger partial charge in [-0.2, -0.15) is 0 Å². The number of aryl methyl sites for hydroxylation is 1. The molecule has 0 saturated heterocycles. The highest BCUT2D eigenvalue weighted by Gasteiger charge is 2.03. The topological polar surface area (TPSA) is 37.8 Å². The minimum Gasteiger partial charge on any atom is -0.367 e. The summed E-state index contributed by atoms with van der Waals surface area (Å²) in [6, 6.07) is 4.80. The van der Waals surface area contributed by atoms with Crippen LogP contribution in [0.4, 0.5) is 10.2 Å². The van der Waals surface area contributed by atoms with Crippen molar-refractivity contribution in [1.29, 1.82) is 0 Å². The minimum absolute atomic E-state index is 0.207. The number of anilines is 1. The minimum atomic E-state index is -0.207. The Kier molecular flexibility index (Phi) is 4.10. The molecular formula is C13H13ClFN3. The van der Waals surface area contributed by atoms with E-state index in [9.17, 15) is 4.39 Å². The van der Waals surface area contributed by atoms with Crippen LogP contribution < -0.4 is 5.32 Å². The van der Waals surface area contributed by atoms with Crippen molar-refractivity contribution in [3.05, 3.63) is 52.7 Å². The maximum atomic E-state index is 12.9. The third kappa shape index (κ3) is 3.17. The molecule has 0 amide bonds. The maximum absolute atomic E-state index is 12.9. The van der Waals surface area contributed by atoms with Crippen molar-refractivity contribution >= 4 is 17.4 Å². The van der Waals surface area contributed by atoms with Crippen molar-refractivity contribution < 1.29 is 4.39 Å². The smallest absolute Gasteiger partial charge is 0.171 e. The third-order valence-corrected chi connectivity index (χ3v) is 2.92. The van der Waals surface area contributed by atoms with Crippen LogP contribution in [0.15, 0.2) is 30.6 Å². The van der Waals surface area contributed by atoms with E-state index in [1.54, 1.807) is 12.3 Å². The molecule has 0 radical (unpaired) electrons. The normalized spacial score (nSPS) is 10.4. The van der Waals surface area contributed by atoms with Crippen molar-refractivity contribution in [1.82, 2.24) is 9.97 Å². The second kappa shape index (κ2) is 5.78. The Balaban J connectivity index is 1.95. The molecule has 3 nitrogen and oxygen atoms in total. The molecule has 1 aromatic carbocycles. The van der Waals surface area contributed by atoms with E-state index in [1.807, 2.05) is 6.92 Å². The van der Waals surface area contributed by atoms with Gasteiger partial charge in [0.2, 0.25) is 0 Å². The predicted octanol–water partition coefficient (Wildman–Crippen LogP) is 3.23. The van der Waals surface area contributed by atoms with Crippen LogP contribution in [0, 0.1) is 12.7 Å². The molecule has 0 bridgehead atoms. The molecule has 2 aromatic rings. The van der Waals surface area contributed by atoms with Gasteiger partial charge in [-0.05, 0) is 36.6 Å². The van der Waals surface area contributed by atoms with Crippen molar-refractivity contribution in [3.63, 3.8) is 0 Å². The molecule has 0 unspecified atom stereocenters. The summed E-state index contributed by atoms with van der Waals surface area (Å²) < 4.78 is 12.9. The second-order valence-corrected chi connectivity index (χ2v) is 4.30. The molecule has 0 aliphatic heterocycles. The zero-order valence-corrected chi connectivity index (χ0v) is 10.7. The van der Waals surface area contributed by atoms with Gasteiger partial charge in [-0.15, -0.1) is 0 Å². The number of hydrogen-bond donors (Lipinski definition) is 1. The molecule has 94 valence electrons. The predicted molar refractivity (Wildman–Crippen MR) is 70.4 cm³/mol. The number of benzene rings is 1. The van der Waals surface area contributed by atoms with Gasteiger partial charge in [0.15, 0.2) is 11.0 Å². The first-order chi connectivity index (χ1) is 8.66. The van der Waals surface area contributed by atoms with Gasteiger partial charge in [-0.3, -0.25) is 0 Å². The fourth-order valence-electron chi connectivity index (χ4n) is 1.69. The molecule has 0 saturated carbocycles. The molecule has 0 aliphatic rings. The molecule has 18 heavy (non-hydrogen) atoms. The van der Waals surface area contributed by atoms with Crippen molar-refractivity contribution in [2.24, 2.45) is 0 Å². The Morgan fingerprint density at radius 2 is 2.06 bits per heavy atom. The molecule has 0 atom stereocenters. The fraction of sp³-hybridized carbons (Fsp3) is 0.231. The van der Waals surface area contributed by atoms with Crippen LogP contribution in [0.25, 0.3) is 0 Å². The van der Waals surface area contributed by atoms with Gasteiger partial charge in [0.25, 0.3) is 0 Å². The van der Waals surface area contributed by atoms with Crippen molar-refractivity contribution in [2.45, 2.75) is 13.3 Å². The lowest BCUT2D eigenvalue weighted by Gasteiger charge is -2.08. The lowest BCUT2D eigenvalue weighted by Crippen LogP contribution is -2.08. The summed E-state index contributed by atoms with van der Waals surface area (Å²) in [6.07, 6.45) is 3.90. The van der Waals surface area contributed by atoms with E-state index >= 15 is 0 Å². The number of halogens is 2. The number of hydrogen-bond acceptors (Lipinski definition) is 3. The lowest BCUT2D eigenvalue weighted by atomic mass is 10.1. The summed E-state index contributed by atoms with van der Waals surface area (Å²) in [6.45, 7) is 2.57. The summed E-state index contributed by atoms with van der Waals surface area (Å²) in [5.74, 6) is 0.361. The van der Waals surface area contributed by atoms with Gasteiger partial charge in [0.05, 0.1) is 0 Å². The first-order valence-electron chi connectivity index (χ1n) is 5.62. The Morgan fingerprint density at radius 1 is 1.28 bits per heavy atom. The molecule has 1 aromatic heterocycles. The Labute approximate surface area is 110 Å². The van der Waals surface area contributed by atoms with E-state index in [1.165, 1.54) is 18.3 Å². The lowest BCUT2D eigenvalue weighted by molar-refractivity contribution is 0.625. The van der Waals surface area contributed by atoms with E-state index < -0.39 is 0 Å². The van der Waals surface area contributed by atoms with Crippen LogP contribution in [0.5, 0.6) is 0 Å². The molecule has 0 fully saturated rings. The maximum Gasteiger partial charge on any atom is 0.171 e. The fourth-order valence-corrected chi connectivity index (χ4v) is 1.87.